The largest absolute Gasteiger partial charge is 0.460 e. The van der Waals surface area contributed by atoms with Crippen LogP contribution >= 0.6 is 11.3 Å². The van der Waals surface area contributed by atoms with Gasteiger partial charge < -0.3 is 19.5 Å². The van der Waals surface area contributed by atoms with E-state index in [0.717, 1.165) is 10.4 Å². The minimum Gasteiger partial charge on any atom is -0.460 e. The van der Waals surface area contributed by atoms with E-state index in [0.29, 0.717) is 30.0 Å². The van der Waals surface area contributed by atoms with Crippen LogP contribution in [0.1, 0.15) is 74.7 Å². The summed E-state index contributed by atoms with van der Waals surface area (Å²) in [5, 5.41) is 14.9. The molecule has 0 bridgehead atoms. The van der Waals surface area contributed by atoms with Gasteiger partial charge in [0.15, 0.2) is 5.79 Å². The normalized spacial score (nSPS) is 20.5. The molecule has 0 aliphatic carbocycles. The highest BCUT2D eigenvalue weighted by Crippen LogP contribution is 2.31. The molecule has 3 heterocycles. The fourth-order valence-electron chi connectivity index (χ4n) is 3.82. The predicted octanol–water partition coefficient (Wildman–Crippen LogP) is 3.10. The van der Waals surface area contributed by atoms with Crippen LogP contribution < -0.4 is 5.32 Å². The highest BCUT2D eigenvalue weighted by molar-refractivity contribution is 7.15. The third-order valence-corrected chi connectivity index (χ3v) is 6.34. The van der Waals surface area contributed by atoms with Crippen LogP contribution in [0, 0.1) is 13.8 Å². The molecule has 2 unspecified atom stereocenters. The fourth-order valence-corrected chi connectivity index (χ4v) is 4.89. The van der Waals surface area contributed by atoms with Crippen LogP contribution in [0.5, 0.6) is 0 Å². The van der Waals surface area contributed by atoms with E-state index in [4.69, 9.17) is 14.2 Å². The Morgan fingerprint density at radius 3 is 2.61 bits per heavy atom. The maximum atomic E-state index is 13.0. The molecule has 1 fully saturated rings. The molecule has 1 aliphatic rings. The molecule has 3 rings (SSSR count). The van der Waals surface area contributed by atoms with E-state index in [1.54, 1.807) is 0 Å². The van der Waals surface area contributed by atoms with Crippen LogP contribution in [0.15, 0.2) is 6.33 Å². The van der Waals surface area contributed by atoms with Crippen LogP contribution in [0.3, 0.4) is 0 Å². The van der Waals surface area contributed by atoms with Crippen LogP contribution in [0.25, 0.3) is 5.00 Å². The highest BCUT2D eigenvalue weighted by atomic mass is 32.1. The van der Waals surface area contributed by atoms with Gasteiger partial charge in [0, 0.05) is 17.8 Å². The van der Waals surface area contributed by atoms with Gasteiger partial charge in [-0.25, -0.2) is 0 Å². The van der Waals surface area contributed by atoms with Crippen LogP contribution in [-0.2, 0) is 19.0 Å². The van der Waals surface area contributed by atoms with Crippen molar-refractivity contribution in [2.24, 2.45) is 0 Å². The number of nitrogens with zero attached hydrogens (tertiary/aromatic N) is 4. The molecule has 33 heavy (non-hydrogen) atoms. The van der Waals surface area contributed by atoms with E-state index in [9.17, 15) is 9.59 Å². The highest BCUT2D eigenvalue weighted by Gasteiger charge is 2.37. The summed E-state index contributed by atoms with van der Waals surface area (Å²) in [7, 11) is 0. The molecule has 1 amide bonds. The lowest BCUT2D eigenvalue weighted by atomic mass is 10.0. The summed E-state index contributed by atoms with van der Waals surface area (Å²) in [5.41, 5.74) is 0.936. The van der Waals surface area contributed by atoms with E-state index in [1.807, 2.05) is 48.5 Å². The molecule has 0 radical (unpaired) electrons. The van der Waals surface area contributed by atoms with Gasteiger partial charge >= 0.3 is 5.97 Å². The first-order chi connectivity index (χ1) is 15.3. The molecular weight excluding hydrogens is 446 g/mol. The number of rotatable bonds is 7. The number of hydrogen-bond acceptors (Lipinski definition) is 9. The number of carbonyl (C=O) groups is 2. The molecule has 2 aromatic rings. The zero-order chi connectivity index (χ0) is 24.4. The summed E-state index contributed by atoms with van der Waals surface area (Å²) in [4.78, 5) is 26.3. The monoisotopic (exact) mass is 479 g/mol. The zero-order valence-electron chi connectivity index (χ0n) is 20.3. The number of aromatic nitrogens is 4. The van der Waals surface area contributed by atoms with Gasteiger partial charge in [0.05, 0.1) is 24.2 Å². The Kier molecular flexibility index (Phi) is 7.55. The van der Waals surface area contributed by atoms with Gasteiger partial charge in [0.1, 0.15) is 16.9 Å². The molecule has 1 N–H and O–H groups in total. The summed E-state index contributed by atoms with van der Waals surface area (Å²) in [6.45, 7) is 13.5. The van der Waals surface area contributed by atoms with E-state index < -0.39 is 11.4 Å². The van der Waals surface area contributed by atoms with Gasteiger partial charge in [-0.15, -0.1) is 16.4 Å². The molecule has 10 nitrogen and oxygen atoms in total. The standard InChI is InChI=1S/C22H33N5O5S/c1-13-14(2)33-20(27-12-24-25-26-27)18(13)19(29)23-9-8-15-10-16(31-22(6,7)30-15)11-17(28)32-21(3,4)5/h12,15-16H,8-11H2,1-7H3,(H,23,29). The second-order valence-corrected chi connectivity index (χ2v) is 10.9. The van der Waals surface area contributed by atoms with Crippen molar-refractivity contribution in [1.82, 2.24) is 25.5 Å². The maximum Gasteiger partial charge on any atom is 0.308 e. The van der Waals surface area contributed by atoms with Crippen LogP contribution in [0.4, 0.5) is 0 Å². The molecule has 1 saturated heterocycles. The molecule has 1 aliphatic heterocycles. The Labute approximate surface area is 198 Å². The Bertz CT molecular complexity index is 980. The van der Waals surface area contributed by atoms with E-state index in [-0.39, 0.29) is 30.5 Å². The Morgan fingerprint density at radius 2 is 1.97 bits per heavy atom. The first-order valence-electron chi connectivity index (χ1n) is 11.0. The summed E-state index contributed by atoms with van der Waals surface area (Å²) < 4.78 is 18.9. The number of tetrazole rings is 1. The summed E-state index contributed by atoms with van der Waals surface area (Å²) in [6, 6.07) is 0. The lowest BCUT2D eigenvalue weighted by Gasteiger charge is -2.40. The molecule has 0 aromatic carbocycles. The Balaban J connectivity index is 1.59. The van der Waals surface area contributed by atoms with Crippen molar-refractivity contribution in [1.29, 1.82) is 0 Å². The van der Waals surface area contributed by atoms with Crippen molar-refractivity contribution in [2.45, 2.75) is 91.3 Å². The van der Waals surface area contributed by atoms with Gasteiger partial charge in [0.2, 0.25) is 0 Å². The van der Waals surface area contributed by atoms with Gasteiger partial charge in [0.25, 0.3) is 5.91 Å². The number of carbonyl (C=O) groups excluding carboxylic acids is 2. The number of amides is 1. The average Bonchev–Trinajstić information content (AvgIpc) is 3.27. The third-order valence-electron chi connectivity index (χ3n) is 5.14. The number of thiophene rings is 1. The van der Waals surface area contributed by atoms with Gasteiger partial charge in [-0.05, 0) is 70.9 Å². The van der Waals surface area contributed by atoms with E-state index >= 15 is 0 Å². The number of hydrogen-bond donors (Lipinski definition) is 1. The van der Waals surface area contributed by atoms with Crippen molar-refractivity contribution < 1.29 is 23.8 Å². The van der Waals surface area contributed by atoms with Gasteiger partial charge in [-0.3, -0.25) is 9.59 Å². The second kappa shape index (κ2) is 9.86. The molecule has 0 saturated carbocycles. The van der Waals surface area contributed by atoms with Crippen LogP contribution in [0.2, 0.25) is 0 Å². The molecule has 182 valence electrons. The van der Waals surface area contributed by atoms with Gasteiger partial charge in [-0.2, -0.15) is 4.68 Å². The lowest BCUT2D eigenvalue weighted by molar-refractivity contribution is -0.300. The minimum absolute atomic E-state index is 0.161. The first-order valence-corrected chi connectivity index (χ1v) is 11.9. The summed E-state index contributed by atoms with van der Waals surface area (Å²) in [6.07, 6.45) is 2.31. The SMILES string of the molecule is Cc1sc(-n2cnnn2)c(C(=O)NCCC2CC(CC(=O)OC(C)(C)C)OC(C)(C)O2)c1C. The Hall–Kier alpha value is -2.37. The topological polar surface area (TPSA) is 117 Å². The Morgan fingerprint density at radius 1 is 1.27 bits per heavy atom. The summed E-state index contributed by atoms with van der Waals surface area (Å²) in [5.74, 6) is -1.30. The van der Waals surface area contributed by atoms with Crippen LogP contribution in [-0.4, -0.2) is 62.2 Å². The third kappa shape index (κ3) is 6.81. The first kappa shape index (κ1) is 25.3. The molecule has 2 aromatic heterocycles. The smallest absolute Gasteiger partial charge is 0.308 e. The maximum absolute atomic E-state index is 13.0. The molecule has 0 spiro atoms. The number of nitrogens with one attached hydrogen (secondary N) is 1. The number of esters is 1. The van der Waals surface area contributed by atoms with Crippen molar-refractivity contribution in [3.63, 3.8) is 0 Å². The van der Waals surface area contributed by atoms with Crippen molar-refractivity contribution in [3.8, 4) is 5.00 Å². The molecular formula is C22H33N5O5S. The predicted molar refractivity (Wildman–Crippen MR) is 122 cm³/mol. The minimum atomic E-state index is -0.825. The van der Waals surface area contributed by atoms with Crippen molar-refractivity contribution >= 4 is 23.2 Å². The second-order valence-electron chi connectivity index (χ2n) is 9.67. The summed E-state index contributed by atoms with van der Waals surface area (Å²) >= 11 is 1.47. The molecule has 11 heteroatoms. The van der Waals surface area contributed by atoms with Gasteiger partial charge in [-0.1, -0.05) is 0 Å². The zero-order valence-corrected chi connectivity index (χ0v) is 21.1. The number of ether oxygens (including phenoxy) is 3. The van der Waals surface area contributed by atoms with E-state index in [1.165, 1.54) is 22.3 Å². The molecule has 2 atom stereocenters. The van der Waals surface area contributed by atoms with E-state index in [2.05, 4.69) is 20.8 Å². The van der Waals surface area contributed by atoms with Crippen molar-refractivity contribution in [2.75, 3.05) is 6.54 Å². The quantitative estimate of drug-likeness (QED) is 0.602. The average molecular weight is 480 g/mol. The van der Waals surface area contributed by atoms with Crippen molar-refractivity contribution in [3.05, 3.63) is 22.3 Å². The lowest BCUT2D eigenvalue weighted by Crippen LogP contribution is -2.46. The number of aryl methyl sites for hydroxylation is 1. The fraction of sp³-hybridized carbons (Fsp3) is 0.682.